The Balaban J connectivity index is 1.68. The molecule has 6 heteroatoms. The van der Waals surface area contributed by atoms with E-state index in [0.717, 1.165) is 49.0 Å². The van der Waals surface area contributed by atoms with Crippen LogP contribution in [0.15, 0.2) is 24.3 Å². The lowest BCUT2D eigenvalue weighted by Crippen LogP contribution is -2.44. The molecule has 2 saturated carbocycles. The summed E-state index contributed by atoms with van der Waals surface area (Å²) in [6.07, 6.45) is 7.30. The number of rotatable bonds is 8. The van der Waals surface area contributed by atoms with Gasteiger partial charge in [0.1, 0.15) is 12.5 Å². The molecular weight excluding hydrogens is 408 g/mol. The zero-order chi connectivity index (χ0) is 22.7. The van der Waals surface area contributed by atoms with Crippen molar-refractivity contribution in [1.82, 2.24) is 0 Å². The second kappa shape index (κ2) is 9.94. The molecule has 0 radical (unpaired) electrons. The molecule has 4 rings (SSSR count). The minimum absolute atomic E-state index is 0.147. The van der Waals surface area contributed by atoms with Crippen molar-refractivity contribution in [2.45, 2.75) is 58.0 Å². The summed E-state index contributed by atoms with van der Waals surface area (Å²) in [4.78, 5) is 12.4. The zero-order valence-electron chi connectivity index (χ0n) is 19.7. The van der Waals surface area contributed by atoms with Gasteiger partial charge >= 0.3 is 5.97 Å². The Bertz CT molecular complexity index is 849. The average molecular weight is 445 g/mol. The van der Waals surface area contributed by atoms with Crippen molar-refractivity contribution >= 4 is 11.5 Å². The normalized spacial score (nSPS) is 32.2. The number of hydrogen-bond donors (Lipinski definition) is 0. The topological polar surface area (TPSA) is 63.2 Å². The third-order valence-electron chi connectivity index (χ3n) is 7.89. The summed E-state index contributed by atoms with van der Waals surface area (Å²) in [5.74, 6) is 2.02. The van der Waals surface area contributed by atoms with Crippen molar-refractivity contribution in [3.05, 3.63) is 35.4 Å². The number of carbonyl (C=O) groups excluding carboxylic acids is 1. The van der Waals surface area contributed by atoms with Crippen LogP contribution in [0.5, 0.6) is 5.75 Å². The molecule has 0 heterocycles. The number of benzene rings is 1. The fourth-order valence-electron chi connectivity index (χ4n) is 6.51. The Morgan fingerprint density at radius 3 is 2.72 bits per heavy atom. The van der Waals surface area contributed by atoms with E-state index in [1.54, 1.807) is 20.3 Å². The van der Waals surface area contributed by atoms with E-state index < -0.39 is 0 Å². The Morgan fingerprint density at radius 1 is 1.16 bits per heavy atom. The van der Waals surface area contributed by atoms with Crippen molar-refractivity contribution in [3.8, 4) is 5.75 Å². The van der Waals surface area contributed by atoms with Gasteiger partial charge in [-0.05, 0) is 91.0 Å². The van der Waals surface area contributed by atoms with Crippen LogP contribution < -0.4 is 4.74 Å². The third-order valence-corrected chi connectivity index (χ3v) is 7.89. The molecule has 2 fully saturated rings. The summed E-state index contributed by atoms with van der Waals surface area (Å²) in [6.45, 7) is 5.15. The van der Waals surface area contributed by atoms with Crippen LogP contribution in [0.3, 0.4) is 0 Å². The van der Waals surface area contributed by atoms with E-state index >= 15 is 0 Å². The first-order valence-corrected chi connectivity index (χ1v) is 11.8. The number of allylic oxidation sites excluding steroid dienone is 1. The molecule has 1 aromatic rings. The van der Waals surface area contributed by atoms with Gasteiger partial charge in [-0.25, -0.2) is 4.79 Å². The largest absolute Gasteiger partial charge is 0.468 e. The Morgan fingerprint density at radius 2 is 1.97 bits per heavy atom. The van der Waals surface area contributed by atoms with Gasteiger partial charge in [-0.15, -0.1) is 0 Å². The van der Waals surface area contributed by atoms with E-state index in [0.29, 0.717) is 31.2 Å². The maximum Gasteiger partial charge on any atom is 0.331 e. The van der Waals surface area contributed by atoms with Gasteiger partial charge < -0.3 is 23.7 Å². The Kier molecular flexibility index (Phi) is 7.23. The Labute approximate surface area is 191 Å². The van der Waals surface area contributed by atoms with Gasteiger partial charge in [0.25, 0.3) is 0 Å². The number of fused-ring (bicyclic) bond motifs is 5. The number of ether oxygens (including phenoxy) is 5. The van der Waals surface area contributed by atoms with Crippen LogP contribution in [0, 0.1) is 17.3 Å². The summed E-state index contributed by atoms with van der Waals surface area (Å²) < 4.78 is 27.3. The van der Waals surface area contributed by atoms with Crippen LogP contribution in [0.25, 0.3) is 5.57 Å². The molecule has 176 valence electrons. The molecule has 0 amide bonds. The fraction of sp³-hybridized carbons (Fsp3) is 0.654. The minimum atomic E-state index is -0.276. The first kappa shape index (κ1) is 23.3. The summed E-state index contributed by atoms with van der Waals surface area (Å²) in [6, 6.07) is 6.27. The molecule has 3 aliphatic carbocycles. The van der Waals surface area contributed by atoms with Gasteiger partial charge in [0, 0.05) is 20.3 Å². The lowest BCUT2D eigenvalue weighted by atomic mass is 9.54. The van der Waals surface area contributed by atoms with Crippen LogP contribution in [-0.2, 0) is 23.7 Å². The van der Waals surface area contributed by atoms with Crippen LogP contribution in [0.4, 0.5) is 0 Å². The van der Waals surface area contributed by atoms with Gasteiger partial charge in [-0.2, -0.15) is 0 Å². The second-order valence-corrected chi connectivity index (χ2v) is 9.49. The molecule has 0 aromatic heterocycles. The van der Waals surface area contributed by atoms with E-state index in [4.69, 9.17) is 23.7 Å². The molecular formula is C26H36O6. The van der Waals surface area contributed by atoms with Gasteiger partial charge in [-0.1, -0.05) is 13.0 Å². The molecule has 32 heavy (non-hydrogen) atoms. The van der Waals surface area contributed by atoms with Crippen molar-refractivity contribution in [2.24, 2.45) is 17.3 Å². The summed E-state index contributed by atoms with van der Waals surface area (Å²) in [7, 11) is 3.29. The van der Waals surface area contributed by atoms with Crippen LogP contribution in [0.1, 0.15) is 63.0 Å². The summed E-state index contributed by atoms with van der Waals surface area (Å²) in [5.41, 5.74) is 3.63. The minimum Gasteiger partial charge on any atom is -0.468 e. The van der Waals surface area contributed by atoms with E-state index in [1.165, 1.54) is 5.56 Å². The van der Waals surface area contributed by atoms with Crippen molar-refractivity contribution in [1.29, 1.82) is 0 Å². The maximum atomic E-state index is 12.4. The van der Waals surface area contributed by atoms with Gasteiger partial charge in [0.2, 0.25) is 0 Å². The maximum absolute atomic E-state index is 12.4. The first-order valence-electron chi connectivity index (χ1n) is 11.8. The molecule has 0 saturated heterocycles. The lowest BCUT2D eigenvalue weighted by Gasteiger charge is -2.51. The van der Waals surface area contributed by atoms with Crippen molar-refractivity contribution in [3.63, 3.8) is 0 Å². The highest BCUT2D eigenvalue weighted by atomic mass is 16.7. The highest BCUT2D eigenvalue weighted by molar-refractivity contribution is 5.92. The molecule has 0 spiro atoms. The van der Waals surface area contributed by atoms with Crippen LogP contribution >= 0.6 is 0 Å². The van der Waals surface area contributed by atoms with E-state index in [9.17, 15) is 4.79 Å². The number of hydrogen-bond acceptors (Lipinski definition) is 6. The van der Waals surface area contributed by atoms with Crippen LogP contribution in [-0.4, -0.2) is 46.5 Å². The summed E-state index contributed by atoms with van der Waals surface area (Å²) in [5, 5.41) is 0. The molecule has 1 aromatic carbocycles. The van der Waals surface area contributed by atoms with E-state index in [-0.39, 0.29) is 24.3 Å². The molecule has 0 bridgehead atoms. The molecule has 0 N–H and O–H groups in total. The molecule has 0 aliphatic heterocycles. The SMILES string of the molecule is CCOC(=O)C=C1C[C@@H]2[C@H](CC[C@]3(C)[C@@H](OCOC)CC[C@@H]23)c2ccc(OCOC)cc21. The second-order valence-electron chi connectivity index (χ2n) is 9.49. The number of carbonyl (C=O) groups is 1. The highest BCUT2D eigenvalue weighted by Crippen LogP contribution is 2.63. The predicted octanol–water partition coefficient (Wildman–Crippen LogP) is 4.92. The smallest absolute Gasteiger partial charge is 0.331 e. The monoisotopic (exact) mass is 444 g/mol. The lowest BCUT2D eigenvalue weighted by molar-refractivity contribution is -0.137. The quantitative estimate of drug-likeness (QED) is 0.322. The van der Waals surface area contributed by atoms with E-state index in [1.807, 2.05) is 13.0 Å². The van der Waals surface area contributed by atoms with Gasteiger partial charge in [-0.3, -0.25) is 0 Å². The van der Waals surface area contributed by atoms with E-state index in [2.05, 4.69) is 19.1 Å². The molecule has 5 atom stereocenters. The Hall–Kier alpha value is -1.89. The average Bonchev–Trinajstić information content (AvgIpc) is 3.12. The summed E-state index contributed by atoms with van der Waals surface area (Å²) >= 11 is 0. The zero-order valence-corrected chi connectivity index (χ0v) is 19.7. The van der Waals surface area contributed by atoms with Crippen LogP contribution in [0.2, 0.25) is 0 Å². The number of methoxy groups -OCH3 is 2. The highest BCUT2D eigenvalue weighted by Gasteiger charge is 2.55. The van der Waals surface area contributed by atoms with Gasteiger partial charge in [0.15, 0.2) is 6.79 Å². The molecule has 0 unspecified atom stereocenters. The van der Waals surface area contributed by atoms with Gasteiger partial charge in [0.05, 0.1) is 12.7 Å². The van der Waals surface area contributed by atoms with Crippen molar-refractivity contribution in [2.75, 3.05) is 34.4 Å². The molecule has 3 aliphatic rings. The number of esters is 1. The third kappa shape index (κ3) is 4.33. The van der Waals surface area contributed by atoms with Crippen molar-refractivity contribution < 1.29 is 28.5 Å². The molecule has 6 nitrogen and oxygen atoms in total. The first-order chi connectivity index (χ1) is 15.5. The standard InChI is InChI=1S/C26H36O6/c1-5-30-25(27)13-17-12-22-20(19-7-6-18(14-21(17)19)31-15-28-3)10-11-26(2)23(22)8-9-24(26)32-16-29-4/h6-7,13-14,20,22-24H,5,8-12,15-16H2,1-4H3/t20-,22-,23+,24+,26+/m1/s1. The predicted molar refractivity (Wildman–Crippen MR) is 121 cm³/mol. The fourth-order valence-corrected chi connectivity index (χ4v) is 6.51.